The summed E-state index contributed by atoms with van der Waals surface area (Å²) in [5.41, 5.74) is 2.81. The molecule has 1 heterocycles. The van der Waals surface area contributed by atoms with E-state index in [2.05, 4.69) is 12.7 Å². The zero-order valence-electron chi connectivity index (χ0n) is 10.5. The SMILES string of the molecule is C=CC=C1CC(CCC2CCCCC2)=N[C]1=[W]. The zero-order valence-corrected chi connectivity index (χ0v) is 13.4. The van der Waals surface area contributed by atoms with Crippen LogP contribution >= 0.6 is 0 Å². The zero-order chi connectivity index (χ0) is 12.1. The van der Waals surface area contributed by atoms with Gasteiger partial charge in [-0.15, -0.1) is 0 Å². The molecule has 0 unspecified atom stereocenters. The van der Waals surface area contributed by atoms with Gasteiger partial charge in [-0.2, -0.15) is 0 Å². The van der Waals surface area contributed by atoms with Gasteiger partial charge in [0.1, 0.15) is 0 Å². The molecule has 0 saturated heterocycles. The Bertz CT molecular complexity index is 359. The van der Waals surface area contributed by atoms with Gasteiger partial charge in [0.15, 0.2) is 0 Å². The second-order valence-corrected chi connectivity index (χ2v) is 6.52. The van der Waals surface area contributed by atoms with Gasteiger partial charge >= 0.3 is 116 Å². The molecule has 1 nitrogen and oxygen atoms in total. The average Bonchev–Trinajstić information content (AvgIpc) is 2.70. The molecule has 1 aliphatic heterocycles. The number of aliphatic imine (C=N–C) groups is 1. The molecule has 2 aliphatic rings. The van der Waals surface area contributed by atoms with E-state index in [0.717, 1.165) is 12.3 Å². The molecule has 1 fully saturated rings. The molecule has 0 radical (unpaired) electrons. The van der Waals surface area contributed by atoms with Crippen molar-refractivity contribution in [1.82, 2.24) is 0 Å². The van der Waals surface area contributed by atoms with Gasteiger partial charge in [0, 0.05) is 0 Å². The van der Waals surface area contributed by atoms with Gasteiger partial charge < -0.3 is 0 Å². The fourth-order valence-electron chi connectivity index (χ4n) is 2.81. The number of allylic oxidation sites excluding steroid dienone is 2. The number of nitrogens with zero attached hydrogens (tertiary/aromatic N) is 1. The van der Waals surface area contributed by atoms with Crippen molar-refractivity contribution < 1.29 is 19.4 Å². The summed E-state index contributed by atoms with van der Waals surface area (Å²) in [6.07, 6.45) is 14.9. The van der Waals surface area contributed by atoms with Crippen molar-refractivity contribution in [3.8, 4) is 0 Å². The van der Waals surface area contributed by atoms with Crippen LogP contribution in [-0.2, 0) is 19.4 Å². The quantitative estimate of drug-likeness (QED) is 0.679. The van der Waals surface area contributed by atoms with Crippen LogP contribution < -0.4 is 0 Å². The molecule has 2 heteroatoms. The summed E-state index contributed by atoms with van der Waals surface area (Å²) >= 11 is 1.49. The van der Waals surface area contributed by atoms with Crippen LogP contribution in [0.4, 0.5) is 0 Å². The maximum atomic E-state index is 4.73. The van der Waals surface area contributed by atoms with Gasteiger partial charge in [0.25, 0.3) is 0 Å². The molecule has 17 heavy (non-hydrogen) atoms. The first-order chi connectivity index (χ1) is 8.29. The van der Waals surface area contributed by atoms with Crippen LogP contribution in [0.5, 0.6) is 0 Å². The van der Waals surface area contributed by atoms with Gasteiger partial charge in [0.2, 0.25) is 0 Å². The summed E-state index contributed by atoms with van der Waals surface area (Å²) < 4.78 is 1.28. The summed E-state index contributed by atoms with van der Waals surface area (Å²) in [5.74, 6) is 0.978. The molecule has 0 atom stereocenters. The number of hydrogen-bond acceptors (Lipinski definition) is 1. The van der Waals surface area contributed by atoms with Gasteiger partial charge in [-0.3, -0.25) is 0 Å². The van der Waals surface area contributed by atoms with E-state index < -0.39 is 0 Å². The first-order valence-electron chi connectivity index (χ1n) is 6.72. The van der Waals surface area contributed by atoms with Gasteiger partial charge in [-0.25, -0.2) is 0 Å². The molecule has 2 rings (SSSR count). The third-order valence-corrected chi connectivity index (χ3v) is 5.08. The van der Waals surface area contributed by atoms with Crippen molar-refractivity contribution in [2.75, 3.05) is 0 Å². The number of rotatable bonds is 4. The fourth-order valence-corrected chi connectivity index (χ4v) is 3.78. The molecule has 0 amide bonds. The molecular formula is C15H21NW. The predicted molar refractivity (Wildman–Crippen MR) is 71.1 cm³/mol. The molecule has 0 bridgehead atoms. The Morgan fingerprint density at radius 1 is 1.29 bits per heavy atom. The van der Waals surface area contributed by atoms with E-state index >= 15 is 0 Å². The average molecular weight is 399 g/mol. The molecule has 1 aliphatic carbocycles. The van der Waals surface area contributed by atoms with E-state index in [-0.39, 0.29) is 0 Å². The summed E-state index contributed by atoms with van der Waals surface area (Å²) in [6.45, 7) is 3.77. The first kappa shape index (κ1) is 13.1. The number of hydrogen-bond donors (Lipinski definition) is 0. The third kappa shape index (κ3) is 3.84. The van der Waals surface area contributed by atoms with E-state index in [1.807, 2.05) is 6.08 Å². The summed E-state index contributed by atoms with van der Waals surface area (Å²) in [6, 6.07) is 0. The van der Waals surface area contributed by atoms with Crippen molar-refractivity contribution in [2.45, 2.75) is 51.4 Å². The molecule has 92 valence electrons. The van der Waals surface area contributed by atoms with Crippen LogP contribution in [-0.4, -0.2) is 9.73 Å². The minimum absolute atomic E-state index is 0.978. The third-order valence-electron chi connectivity index (χ3n) is 3.81. The second-order valence-electron chi connectivity index (χ2n) is 5.13. The van der Waals surface area contributed by atoms with E-state index in [1.54, 1.807) is 0 Å². The van der Waals surface area contributed by atoms with Crippen molar-refractivity contribution in [3.63, 3.8) is 0 Å². The van der Waals surface area contributed by atoms with Crippen molar-refractivity contribution in [1.29, 1.82) is 0 Å². The van der Waals surface area contributed by atoms with E-state index in [9.17, 15) is 0 Å². The Morgan fingerprint density at radius 3 is 2.76 bits per heavy atom. The molecule has 0 aromatic heterocycles. The Hall–Kier alpha value is -0.292. The Morgan fingerprint density at radius 2 is 2.06 bits per heavy atom. The van der Waals surface area contributed by atoms with E-state index in [4.69, 9.17) is 4.99 Å². The monoisotopic (exact) mass is 399 g/mol. The van der Waals surface area contributed by atoms with Crippen LogP contribution in [0.15, 0.2) is 29.3 Å². The molecule has 1 saturated carbocycles. The van der Waals surface area contributed by atoms with Crippen LogP contribution in [0.3, 0.4) is 0 Å². The van der Waals surface area contributed by atoms with Gasteiger partial charge in [0.05, 0.1) is 0 Å². The van der Waals surface area contributed by atoms with Crippen molar-refractivity contribution in [2.24, 2.45) is 10.9 Å². The topological polar surface area (TPSA) is 12.4 Å². The minimum atomic E-state index is 0.978. The van der Waals surface area contributed by atoms with Crippen LogP contribution in [0, 0.1) is 5.92 Å². The van der Waals surface area contributed by atoms with Crippen LogP contribution in [0.25, 0.3) is 0 Å². The molecule has 0 N–H and O–H groups in total. The summed E-state index contributed by atoms with van der Waals surface area (Å²) in [5, 5.41) is 0. The maximum absolute atomic E-state index is 4.73. The molecular weight excluding hydrogens is 378 g/mol. The summed E-state index contributed by atoms with van der Waals surface area (Å²) in [4.78, 5) is 4.73. The van der Waals surface area contributed by atoms with Crippen molar-refractivity contribution >= 4 is 9.73 Å². The molecule has 0 aromatic rings. The summed E-state index contributed by atoms with van der Waals surface area (Å²) in [7, 11) is 0. The second kappa shape index (κ2) is 6.59. The standard InChI is InChI=1S/C15H21N.W/c1-2-6-14-11-15(16-12-14)10-9-13-7-4-3-5-8-13;/h2,6,13H,1,3-5,7-11H2;. The molecule has 0 spiro atoms. The van der Waals surface area contributed by atoms with Gasteiger partial charge in [-0.1, -0.05) is 0 Å². The Balaban J connectivity index is 1.80. The van der Waals surface area contributed by atoms with Gasteiger partial charge in [-0.05, 0) is 0 Å². The van der Waals surface area contributed by atoms with E-state index in [0.29, 0.717) is 0 Å². The first-order valence-corrected chi connectivity index (χ1v) is 8.18. The fraction of sp³-hybridized carbons (Fsp3) is 0.600. The Labute approximate surface area is 116 Å². The normalized spacial score (nSPS) is 24.1. The van der Waals surface area contributed by atoms with E-state index in [1.165, 1.54) is 79.6 Å². The molecule has 0 aromatic carbocycles. The van der Waals surface area contributed by atoms with Crippen molar-refractivity contribution in [3.05, 3.63) is 24.3 Å². The Kier molecular flexibility index (Phi) is 5.10. The van der Waals surface area contributed by atoms with Crippen LogP contribution in [0.2, 0.25) is 0 Å². The van der Waals surface area contributed by atoms with Crippen LogP contribution in [0.1, 0.15) is 51.4 Å². The predicted octanol–water partition coefficient (Wildman–Crippen LogP) is 3.98.